The van der Waals surface area contributed by atoms with E-state index in [1.54, 1.807) is 11.0 Å². The minimum absolute atomic E-state index is 0. The Bertz CT molecular complexity index is 553. The fourth-order valence-corrected chi connectivity index (χ4v) is 2.64. The number of nitro groups is 1. The molecule has 0 aliphatic carbocycles. The highest BCUT2D eigenvalue weighted by atomic mass is 35.5. The van der Waals surface area contributed by atoms with Crippen molar-refractivity contribution in [3.8, 4) is 5.75 Å². The van der Waals surface area contributed by atoms with E-state index in [9.17, 15) is 14.9 Å². The van der Waals surface area contributed by atoms with E-state index < -0.39 is 4.92 Å². The molecule has 1 saturated heterocycles. The lowest BCUT2D eigenvalue weighted by Gasteiger charge is -2.35. The van der Waals surface area contributed by atoms with Gasteiger partial charge in [-0.05, 0) is 31.4 Å². The molecule has 1 aromatic rings. The van der Waals surface area contributed by atoms with Crippen LogP contribution in [-0.4, -0.2) is 42.0 Å². The largest absolute Gasteiger partial charge is 0.490 e. The first kappa shape index (κ1) is 18.2. The summed E-state index contributed by atoms with van der Waals surface area (Å²) in [6.45, 7) is 1.05. The number of halogens is 1. The van der Waals surface area contributed by atoms with Gasteiger partial charge in [-0.1, -0.05) is 0 Å². The van der Waals surface area contributed by atoms with Gasteiger partial charge in [0.15, 0.2) is 5.75 Å². The van der Waals surface area contributed by atoms with Crippen molar-refractivity contribution in [2.75, 3.05) is 20.2 Å². The lowest BCUT2D eigenvalue weighted by atomic mass is 10.0. The quantitative estimate of drug-likeness (QED) is 0.672. The number of ether oxygens (including phenoxy) is 1. The number of nitrogens with zero attached hydrogens (tertiary/aromatic N) is 2. The van der Waals surface area contributed by atoms with E-state index in [1.165, 1.54) is 19.2 Å². The van der Waals surface area contributed by atoms with Gasteiger partial charge in [0.05, 0.1) is 12.0 Å². The third-order valence-electron chi connectivity index (χ3n) is 3.78. The number of nitrogens with two attached hydrogens (primary N) is 1. The van der Waals surface area contributed by atoms with Crippen LogP contribution in [0.4, 0.5) is 5.69 Å². The van der Waals surface area contributed by atoms with E-state index >= 15 is 0 Å². The SMILES string of the molecule is COc1ccc(C(=O)N2CCCCC2CN)cc1[N+](=O)[O-].Cl. The molecule has 8 heteroatoms. The first-order chi connectivity index (χ1) is 10.1. The third-order valence-corrected chi connectivity index (χ3v) is 3.78. The molecule has 2 N–H and O–H groups in total. The Kier molecular flexibility index (Phi) is 6.58. The highest BCUT2D eigenvalue weighted by molar-refractivity contribution is 5.95. The number of hydrogen-bond acceptors (Lipinski definition) is 5. The van der Waals surface area contributed by atoms with Gasteiger partial charge in [0.2, 0.25) is 0 Å². The van der Waals surface area contributed by atoms with Crippen LogP contribution < -0.4 is 10.5 Å². The standard InChI is InChI=1S/C14H19N3O4.ClH/c1-21-13-6-5-10(8-12(13)17(19)20)14(18)16-7-3-2-4-11(16)9-15;/h5-6,8,11H,2-4,7,9,15H2,1H3;1H. The molecule has 22 heavy (non-hydrogen) atoms. The molecule has 0 aromatic heterocycles. The summed E-state index contributed by atoms with van der Waals surface area (Å²) in [5.74, 6) is -0.0681. The van der Waals surface area contributed by atoms with Crippen molar-refractivity contribution in [2.45, 2.75) is 25.3 Å². The summed E-state index contributed by atoms with van der Waals surface area (Å²) in [5.41, 5.74) is 5.80. The first-order valence-corrected chi connectivity index (χ1v) is 6.92. The Morgan fingerprint density at radius 3 is 2.82 bits per heavy atom. The minimum atomic E-state index is -0.549. The molecule has 1 amide bonds. The van der Waals surface area contributed by atoms with Gasteiger partial charge in [-0.2, -0.15) is 0 Å². The maximum atomic E-state index is 12.6. The van der Waals surface area contributed by atoms with Crippen LogP contribution in [0.2, 0.25) is 0 Å². The van der Waals surface area contributed by atoms with Crippen LogP contribution in [0, 0.1) is 10.1 Å². The maximum absolute atomic E-state index is 12.6. The molecule has 2 rings (SSSR count). The van der Waals surface area contributed by atoms with Gasteiger partial charge in [-0.3, -0.25) is 14.9 Å². The monoisotopic (exact) mass is 329 g/mol. The molecular weight excluding hydrogens is 310 g/mol. The molecule has 1 aliphatic rings. The normalized spacial score (nSPS) is 17.5. The van der Waals surface area contributed by atoms with Crippen molar-refractivity contribution in [1.29, 1.82) is 0 Å². The molecule has 7 nitrogen and oxygen atoms in total. The maximum Gasteiger partial charge on any atom is 0.311 e. The summed E-state index contributed by atoms with van der Waals surface area (Å²) < 4.78 is 4.94. The second kappa shape index (κ2) is 7.95. The fraction of sp³-hybridized carbons (Fsp3) is 0.500. The van der Waals surface area contributed by atoms with E-state index in [1.807, 2.05) is 0 Å². The van der Waals surface area contributed by atoms with E-state index in [-0.39, 0.29) is 35.8 Å². The van der Waals surface area contributed by atoms with Crippen LogP contribution in [0.1, 0.15) is 29.6 Å². The fourth-order valence-electron chi connectivity index (χ4n) is 2.64. The van der Waals surface area contributed by atoms with Gasteiger partial charge in [-0.15, -0.1) is 12.4 Å². The molecule has 1 aliphatic heterocycles. The Morgan fingerprint density at radius 1 is 1.50 bits per heavy atom. The minimum Gasteiger partial charge on any atom is -0.490 e. The van der Waals surface area contributed by atoms with Crippen LogP contribution in [0.5, 0.6) is 5.75 Å². The number of hydrogen-bond donors (Lipinski definition) is 1. The number of rotatable bonds is 4. The Hall–Kier alpha value is -1.86. The van der Waals surface area contributed by atoms with Gasteiger partial charge in [0.25, 0.3) is 5.91 Å². The molecular formula is C14H20ClN3O4. The third kappa shape index (κ3) is 3.66. The van der Waals surface area contributed by atoms with Crippen molar-refractivity contribution in [2.24, 2.45) is 5.73 Å². The van der Waals surface area contributed by atoms with E-state index in [0.29, 0.717) is 18.7 Å². The first-order valence-electron chi connectivity index (χ1n) is 6.92. The molecule has 1 atom stereocenters. The molecule has 122 valence electrons. The van der Waals surface area contributed by atoms with Crippen LogP contribution in [0.15, 0.2) is 18.2 Å². The summed E-state index contributed by atoms with van der Waals surface area (Å²) in [6, 6.07) is 4.28. The summed E-state index contributed by atoms with van der Waals surface area (Å²) in [7, 11) is 1.36. The number of methoxy groups -OCH3 is 1. The molecule has 1 fully saturated rings. The average Bonchev–Trinajstić information content (AvgIpc) is 2.53. The Labute approximate surface area is 135 Å². The van der Waals surface area contributed by atoms with Gasteiger partial charge in [0, 0.05) is 30.8 Å². The number of carbonyl (C=O) groups excluding carboxylic acids is 1. The Balaban J connectivity index is 0.00000242. The average molecular weight is 330 g/mol. The lowest BCUT2D eigenvalue weighted by Crippen LogP contribution is -2.47. The van der Waals surface area contributed by atoms with E-state index in [0.717, 1.165) is 19.3 Å². The summed E-state index contributed by atoms with van der Waals surface area (Å²) in [4.78, 5) is 24.8. The summed E-state index contributed by atoms with van der Waals surface area (Å²) in [5, 5.41) is 11.0. The second-order valence-electron chi connectivity index (χ2n) is 5.03. The zero-order chi connectivity index (χ0) is 15.4. The predicted octanol–water partition coefficient (Wildman–Crippen LogP) is 1.98. The molecule has 0 radical (unpaired) electrons. The van der Waals surface area contributed by atoms with Crippen molar-refractivity contribution in [3.05, 3.63) is 33.9 Å². The number of piperidine rings is 1. The van der Waals surface area contributed by atoms with Gasteiger partial charge in [-0.25, -0.2) is 0 Å². The van der Waals surface area contributed by atoms with Gasteiger partial charge < -0.3 is 15.4 Å². The van der Waals surface area contributed by atoms with Crippen molar-refractivity contribution in [1.82, 2.24) is 4.90 Å². The zero-order valence-corrected chi connectivity index (χ0v) is 13.2. The zero-order valence-electron chi connectivity index (χ0n) is 12.4. The molecule has 1 unspecified atom stereocenters. The van der Waals surface area contributed by atoms with Crippen LogP contribution in [0.3, 0.4) is 0 Å². The van der Waals surface area contributed by atoms with Crippen LogP contribution in [-0.2, 0) is 0 Å². The van der Waals surface area contributed by atoms with Crippen LogP contribution in [0.25, 0.3) is 0 Å². The topological polar surface area (TPSA) is 98.7 Å². The lowest BCUT2D eigenvalue weighted by molar-refractivity contribution is -0.385. The second-order valence-corrected chi connectivity index (χ2v) is 5.03. The Morgan fingerprint density at radius 2 is 2.23 bits per heavy atom. The summed E-state index contributed by atoms with van der Waals surface area (Å²) >= 11 is 0. The smallest absolute Gasteiger partial charge is 0.311 e. The van der Waals surface area contributed by atoms with E-state index in [4.69, 9.17) is 10.5 Å². The predicted molar refractivity (Wildman–Crippen MR) is 84.6 cm³/mol. The van der Waals surface area contributed by atoms with Crippen LogP contribution >= 0.6 is 12.4 Å². The number of nitro benzene ring substituents is 1. The highest BCUT2D eigenvalue weighted by Gasteiger charge is 2.28. The molecule has 0 bridgehead atoms. The number of benzene rings is 1. The summed E-state index contributed by atoms with van der Waals surface area (Å²) in [6.07, 6.45) is 2.86. The van der Waals surface area contributed by atoms with Gasteiger partial charge >= 0.3 is 5.69 Å². The van der Waals surface area contributed by atoms with Crippen molar-refractivity contribution >= 4 is 24.0 Å². The molecule has 0 saturated carbocycles. The van der Waals surface area contributed by atoms with Gasteiger partial charge in [0.1, 0.15) is 0 Å². The number of likely N-dealkylation sites (tertiary alicyclic amines) is 1. The van der Waals surface area contributed by atoms with Crippen molar-refractivity contribution in [3.63, 3.8) is 0 Å². The molecule has 1 aromatic carbocycles. The molecule has 0 spiro atoms. The number of carbonyl (C=O) groups is 1. The number of amides is 1. The molecule has 1 heterocycles. The van der Waals surface area contributed by atoms with Crippen molar-refractivity contribution < 1.29 is 14.5 Å². The van der Waals surface area contributed by atoms with E-state index in [2.05, 4.69) is 0 Å². The highest BCUT2D eigenvalue weighted by Crippen LogP contribution is 2.29.